The third kappa shape index (κ3) is 5.81. The number of carbonyl (C=O) groups is 1. The van der Waals surface area contributed by atoms with E-state index in [2.05, 4.69) is 0 Å². The molecule has 1 atom stereocenters. The van der Waals surface area contributed by atoms with Crippen molar-refractivity contribution in [1.29, 1.82) is 0 Å². The van der Waals surface area contributed by atoms with Gasteiger partial charge < -0.3 is 4.74 Å². The molecule has 1 heterocycles. The highest BCUT2D eigenvalue weighted by atomic mass is 32.2. The highest BCUT2D eigenvalue weighted by Gasteiger charge is 2.31. The summed E-state index contributed by atoms with van der Waals surface area (Å²) >= 11 is 1.14. The van der Waals surface area contributed by atoms with Crippen molar-refractivity contribution in [1.82, 2.24) is 0 Å². The van der Waals surface area contributed by atoms with Crippen LogP contribution in [-0.4, -0.2) is 25.7 Å². The number of ether oxygens (including phenoxy) is 1. The van der Waals surface area contributed by atoms with Gasteiger partial charge in [0, 0.05) is 10.8 Å². The summed E-state index contributed by atoms with van der Waals surface area (Å²) in [5.41, 5.74) is -1.54. The van der Waals surface area contributed by atoms with Crippen LogP contribution in [0.15, 0.2) is 41.3 Å². The first-order valence-electron chi connectivity index (χ1n) is 8.42. The molecule has 1 aromatic heterocycles. The number of hydrogen-bond donors (Lipinski definition) is 0. The number of benzene rings is 1. The van der Waals surface area contributed by atoms with Crippen molar-refractivity contribution in [2.75, 3.05) is 5.75 Å². The molecule has 2 rings (SSSR count). The molecule has 0 saturated carbocycles. The zero-order valence-electron chi connectivity index (χ0n) is 15.8. The van der Waals surface area contributed by atoms with Crippen LogP contribution in [0.2, 0.25) is 0 Å². The molecular weight excluding hydrogens is 413 g/mol. The monoisotopic (exact) mass is 434 g/mol. The van der Waals surface area contributed by atoms with E-state index in [1.165, 1.54) is 0 Å². The van der Waals surface area contributed by atoms with Gasteiger partial charge in [-0.05, 0) is 57.2 Å². The molecule has 0 unspecified atom stereocenters. The van der Waals surface area contributed by atoms with Gasteiger partial charge in [0.1, 0.15) is 10.5 Å². The fourth-order valence-corrected chi connectivity index (χ4v) is 5.04. The molecule has 4 nitrogen and oxygen atoms in total. The van der Waals surface area contributed by atoms with E-state index in [0.29, 0.717) is 9.75 Å². The van der Waals surface area contributed by atoms with E-state index in [0.717, 1.165) is 35.6 Å². The van der Waals surface area contributed by atoms with Crippen molar-refractivity contribution in [3.8, 4) is 0 Å². The van der Waals surface area contributed by atoms with Crippen molar-refractivity contribution in [2.24, 2.45) is 0 Å². The summed E-state index contributed by atoms with van der Waals surface area (Å²) in [7, 11) is -3.79. The van der Waals surface area contributed by atoms with E-state index < -0.39 is 39.1 Å². The van der Waals surface area contributed by atoms with Crippen molar-refractivity contribution in [3.05, 3.63) is 51.7 Å². The number of thiophene rings is 1. The van der Waals surface area contributed by atoms with Crippen molar-refractivity contribution in [2.45, 2.75) is 50.3 Å². The predicted molar refractivity (Wildman–Crippen MR) is 101 cm³/mol. The average Bonchev–Trinajstić information content (AvgIpc) is 3.02. The molecule has 0 radical (unpaired) electrons. The van der Waals surface area contributed by atoms with Crippen LogP contribution < -0.4 is 0 Å². The lowest BCUT2D eigenvalue weighted by molar-refractivity contribution is -0.137. The lowest BCUT2D eigenvalue weighted by Crippen LogP contribution is -2.23. The molecule has 0 aliphatic carbocycles. The maximum atomic E-state index is 12.6. The van der Waals surface area contributed by atoms with Gasteiger partial charge in [-0.1, -0.05) is 6.92 Å². The summed E-state index contributed by atoms with van der Waals surface area (Å²) in [5.74, 6) is -1.21. The Balaban J connectivity index is 2.13. The summed E-state index contributed by atoms with van der Waals surface area (Å²) < 4.78 is 68.3. The largest absolute Gasteiger partial charge is 0.456 e. The quantitative estimate of drug-likeness (QED) is 0.599. The second kappa shape index (κ2) is 7.87. The van der Waals surface area contributed by atoms with Crippen LogP contribution >= 0.6 is 11.3 Å². The smallest absolute Gasteiger partial charge is 0.416 e. The molecule has 2 aromatic rings. The van der Waals surface area contributed by atoms with Gasteiger partial charge in [0.15, 0.2) is 9.84 Å². The fraction of sp³-hybridized carbons (Fsp3) is 0.421. The Bertz CT molecular complexity index is 937. The Kier molecular flexibility index (Phi) is 6.30. The third-order valence-electron chi connectivity index (χ3n) is 3.72. The van der Waals surface area contributed by atoms with Gasteiger partial charge in [0.2, 0.25) is 0 Å². The van der Waals surface area contributed by atoms with Crippen LogP contribution in [-0.2, 0) is 20.8 Å². The number of alkyl halides is 3. The summed E-state index contributed by atoms with van der Waals surface area (Å²) in [6.45, 7) is 6.93. The molecule has 0 spiro atoms. The minimum absolute atomic E-state index is 0.170. The molecule has 28 heavy (non-hydrogen) atoms. The third-order valence-corrected chi connectivity index (χ3v) is 6.95. The molecule has 154 valence electrons. The average molecular weight is 435 g/mol. The van der Waals surface area contributed by atoms with E-state index in [1.807, 2.05) is 0 Å². The Morgan fingerprint density at radius 2 is 1.64 bits per heavy atom. The summed E-state index contributed by atoms with van der Waals surface area (Å²) in [6, 6.07) is 6.68. The number of hydrogen-bond acceptors (Lipinski definition) is 5. The molecule has 1 aromatic carbocycles. The maximum absolute atomic E-state index is 12.6. The predicted octanol–water partition coefficient (Wildman–Crippen LogP) is 5.30. The van der Waals surface area contributed by atoms with Gasteiger partial charge in [-0.25, -0.2) is 13.2 Å². The van der Waals surface area contributed by atoms with Gasteiger partial charge in [-0.3, -0.25) is 0 Å². The van der Waals surface area contributed by atoms with Crippen LogP contribution in [0.4, 0.5) is 13.2 Å². The van der Waals surface area contributed by atoms with Crippen molar-refractivity contribution >= 4 is 27.1 Å². The topological polar surface area (TPSA) is 60.4 Å². The van der Waals surface area contributed by atoms with Gasteiger partial charge in [-0.15, -0.1) is 11.3 Å². The summed E-state index contributed by atoms with van der Waals surface area (Å²) in [6.07, 6.45) is -4.52. The minimum Gasteiger partial charge on any atom is -0.456 e. The van der Waals surface area contributed by atoms with Gasteiger partial charge in [0.05, 0.1) is 16.2 Å². The van der Waals surface area contributed by atoms with E-state index in [4.69, 9.17) is 4.74 Å². The molecule has 0 aliphatic heterocycles. The molecular formula is C19H21F3O4S2. The van der Waals surface area contributed by atoms with Crippen LogP contribution in [0.3, 0.4) is 0 Å². The van der Waals surface area contributed by atoms with Crippen LogP contribution in [0.1, 0.15) is 53.7 Å². The molecule has 0 aliphatic rings. The molecule has 0 bridgehead atoms. The number of sulfone groups is 1. The molecule has 0 saturated heterocycles. The SMILES string of the molecule is C[C@@H](CS(=O)(=O)c1ccc(C(F)(F)F)cc1)c1ccc(C(=O)OC(C)(C)C)s1. The minimum atomic E-state index is -4.52. The van der Waals surface area contributed by atoms with Gasteiger partial charge in [-0.2, -0.15) is 13.2 Å². The Hall–Kier alpha value is -1.87. The number of carbonyl (C=O) groups excluding carboxylic acids is 1. The first kappa shape index (κ1) is 22.4. The zero-order valence-corrected chi connectivity index (χ0v) is 17.5. The lowest BCUT2D eigenvalue weighted by Gasteiger charge is -2.18. The summed E-state index contributed by atoms with van der Waals surface area (Å²) in [4.78, 5) is 13.0. The first-order valence-corrected chi connectivity index (χ1v) is 10.9. The lowest BCUT2D eigenvalue weighted by atomic mass is 10.2. The van der Waals surface area contributed by atoms with Gasteiger partial charge >= 0.3 is 12.1 Å². The van der Waals surface area contributed by atoms with Crippen molar-refractivity contribution < 1.29 is 31.1 Å². The highest BCUT2D eigenvalue weighted by Crippen LogP contribution is 2.32. The molecule has 0 amide bonds. The number of rotatable bonds is 5. The molecule has 0 fully saturated rings. The van der Waals surface area contributed by atoms with Gasteiger partial charge in [0.25, 0.3) is 0 Å². The van der Waals surface area contributed by atoms with E-state index in [9.17, 15) is 26.4 Å². The first-order chi connectivity index (χ1) is 12.7. The molecule has 9 heteroatoms. The maximum Gasteiger partial charge on any atom is 0.416 e. The normalized spacial score (nSPS) is 14.0. The van der Waals surface area contributed by atoms with E-state index >= 15 is 0 Å². The zero-order chi connectivity index (χ0) is 21.3. The Morgan fingerprint density at radius 3 is 2.14 bits per heavy atom. The Labute approximate surface area is 166 Å². The van der Waals surface area contributed by atoms with Crippen LogP contribution in [0.5, 0.6) is 0 Å². The van der Waals surface area contributed by atoms with Crippen LogP contribution in [0.25, 0.3) is 0 Å². The summed E-state index contributed by atoms with van der Waals surface area (Å²) in [5, 5.41) is 0. The Morgan fingerprint density at radius 1 is 1.07 bits per heavy atom. The second-order valence-electron chi connectivity index (χ2n) is 7.41. The fourth-order valence-electron chi connectivity index (χ4n) is 2.41. The van der Waals surface area contributed by atoms with E-state index in [-0.39, 0.29) is 10.6 Å². The number of halogens is 3. The van der Waals surface area contributed by atoms with Crippen molar-refractivity contribution in [3.63, 3.8) is 0 Å². The van der Waals surface area contributed by atoms with E-state index in [1.54, 1.807) is 39.8 Å². The number of esters is 1. The molecule has 0 N–H and O–H groups in total. The highest BCUT2D eigenvalue weighted by molar-refractivity contribution is 7.91. The standard InChI is InChI=1S/C19H21F3O4S2/c1-12(15-9-10-16(27-15)17(23)26-18(2,3)4)11-28(24,25)14-7-5-13(6-8-14)19(20,21)22/h5-10,12H,11H2,1-4H3/t12-/m0/s1. The second-order valence-corrected chi connectivity index (χ2v) is 10.6. The van der Waals surface area contributed by atoms with Crippen LogP contribution in [0, 0.1) is 0 Å².